The Bertz CT molecular complexity index is 383. The van der Waals surface area contributed by atoms with Gasteiger partial charge < -0.3 is 10.8 Å². The minimum Gasteiger partial charge on any atom is -0.398 e. The monoisotopic (exact) mass is 240 g/mol. The Morgan fingerprint density at radius 2 is 2.25 bits per heavy atom. The van der Waals surface area contributed by atoms with E-state index >= 15 is 0 Å². The first-order chi connectivity index (χ1) is 7.58. The molecule has 0 saturated carbocycles. The van der Waals surface area contributed by atoms with E-state index in [1.807, 2.05) is 12.1 Å². The van der Waals surface area contributed by atoms with Crippen LogP contribution in [0.5, 0.6) is 0 Å². The highest BCUT2D eigenvalue weighted by atomic mass is 35.5. The Morgan fingerprint density at radius 3 is 3.00 bits per heavy atom. The van der Waals surface area contributed by atoms with Crippen LogP contribution in [0.3, 0.4) is 0 Å². The van der Waals surface area contributed by atoms with Gasteiger partial charge in [0.15, 0.2) is 0 Å². The summed E-state index contributed by atoms with van der Waals surface area (Å²) in [6.45, 7) is 0.887. The first-order valence-electron chi connectivity index (χ1n) is 5.51. The lowest BCUT2D eigenvalue weighted by atomic mass is 9.93. The van der Waals surface area contributed by atoms with Gasteiger partial charge in [-0.05, 0) is 43.7 Å². The van der Waals surface area contributed by atoms with E-state index in [0.717, 1.165) is 30.6 Å². The van der Waals surface area contributed by atoms with Gasteiger partial charge in [-0.1, -0.05) is 11.6 Å². The van der Waals surface area contributed by atoms with Gasteiger partial charge in [0.05, 0.1) is 6.10 Å². The van der Waals surface area contributed by atoms with E-state index in [9.17, 15) is 5.11 Å². The lowest BCUT2D eigenvalue weighted by Gasteiger charge is -2.36. The fourth-order valence-electron chi connectivity index (χ4n) is 2.26. The summed E-state index contributed by atoms with van der Waals surface area (Å²) >= 11 is 5.98. The number of halogens is 1. The Kier molecular flexibility index (Phi) is 3.38. The molecule has 2 rings (SSSR count). The Balaban J connectivity index is 2.30. The van der Waals surface area contributed by atoms with Crippen LogP contribution in [0.4, 0.5) is 5.69 Å². The number of piperidine rings is 1. The Morgan fingerprint density at radius 1 is 1.50 bits per heavy atom. The average Bonchev–Trinajstić information content (AvgIpc) is 2.25. The van der Waals surface area contributed by atoms with E-state index in [1.54, 1.807) is 6.07 Å². The third kappa shape index (κ3) is 2.32. The predicted molar refractivity (Wildman–Crippen MR) is 66.5 cm³/mol. The number of rotatable bonds is 1. The molecule has 0 amide bonds. The third-order valence-corrected chi connectivity index (χ3v) is 3.49. The molecule has 16 heavy (non-hydrogen) atoms. The molecular weight excluding hydrogens is 224 g/mol. The molecule has 1 aliphatic rings. The van der Waals surface area contributed by atoms with Crippen molar-refractivity contribution in [2.45, 2.75) is 25.0 Å². The van der Waals surface area contributed by atoms with Crippen LogP contribution in [0.15, 0.2) is 18.2 Å². The highest BCUT2D eigenvalue weighted by Crippen LogP contribution is 2.34. The van der Waals surface area contributed by atoms with Gasteiger partial charge in [0.25, 0.3) is 0 Å². The second-order valence-electron chi connectivity index (χ2n) is 4.45. The number of likely N-dealkylation sites (tertiary alicyclic amines) is 1. The van der Waals surface area contributed by atoms with Crippen molar-refractivity contribution in [3.05, 3.63) is 28.8 Å². The van der Waals surface area contributed by atoms with Crippen LogP contribution in [0.2, 0.25) is 5.02 Å². The van der Waals surface area contributed by atoms with Gasteiger partial charge in [0.2, 0.25) is 0 Å². The molecule has 1 aromatic carbocycles. The molecule has 3 N–H and O–H groups in total. The largest absolute Gasteiger partial charge is 0.398 e. The van der Waals surface area contributed by atoms with Crippen LogP contribution >= 0.6 is 11.6 Å². The lowest BCUT2D eigenvalue weighted by molar-refractivity contribution is 0.0555. The van der Waals surface area contributed by atoms with E-state index in [0.29, 0.717) is 5.02 Å². The van der Waals surface area contributed by atoms with Crippen molar-refractivity contribution in [3.63, 3.8) is 0 Å². The second-order valence-corrected chi connectivity index (χ2v) is 4.88. The van der Waals surface area contributed by atoms with Gasteiger partial charge in [-0.15, -0.1) is 0 Å². The van der Waals surface area contributed by atoms with Crippen LogP contribution < -0.4 is 5.73 Å². The summed E-state index contributed by atoms with van der Waals surface area (Å²) in [5.74, 6) is 0. The molecule has 0 aliphatic carbocycles. The van der Waals surface area contributed by atoms with Crippen molar-refractivity contribution in [1.82, 2.24) is 4.90 Å². The Hall–Kier alpha value is -0.770. The van der Waals surface area contributed by atoms with E-state index in [-0.39, 0.29) is 12.1 Å². The Labute approximate surface area is 101 Å². The van der Waals surface area contributed by atoms with E-state index in [1.165, 1.54) is 0 Å². The van der Waals surface area contributed by atoms with Gasteiger partial charge in [0, 0.05) is 23.3 Å². The molecule has 2 unspecified atom stereocenters. The van der Waals surface area contributed by atoms with Crippen molar-refractivity contribution in [2.24, 2.45) is 0 Å². The van der Waals surface area contributed by atoms with Gasteiger partial charge >= 0.3 is 0 Å². The fourth-order valence-corrected chi connectivity index (χ4v) is 2.44. The van der Waals surface area contributed by atoms with Gasteiger partial charge in [-0.3, -0.25) is 4.90 Å². The average molecular weight is 241 g/mol. The number of hydrogen-bond acceptors (Lipinski definition) is 3. The molecular formula is C12H17ClN2O. The molecule has 3 nitrogen and oxygen atoms in total. The number of aliphatic hydroxyl groups is 1. The zero-order valence-electron chi connectivity index (χ0n) is 9.36. The van der Waals surface area contributed by atoms with Gasteiger partial charge in [0.1, 0.15) is 0 Å². The minimum atomic E-state index is -0.236. The molecule has 1 fully saturated rings. The van der Waals surface area contributed by atoms with Crippen molar-refractivity contribution in [2.75, 3.05) is 19.3 Å². The molecule has 1 heterocycles. The quantitative estimate of drug-likeness (QED) is 0.739. The van der Waals surface area contributed by atoms with Crippen LogP contribution in [0.1, 0.15) is 24.4 Å². The summed E-state index contributed by atoms with van der Waals surface area (Å²) in [7, 11) is 2.05. The summed E-state index contributed by atoms with van der Waals surface area (Å²) in [4.78, 5) is 2.22. The summed E-state index contributed by atoms with van der Waals surface area (Å²) < 4.78 is 0. The standard InChI is InChI=1S/C12H17ClN2O/c1-15-5-4-9(16)7-12(15)10-6-8(13)2-3-11(10)14/h2-3,6,9,12,16H,4-5,7,14H2,1H3. The molecule has 1 aliphatic heterocycles. The molecule has 0 radical (unpaired) electrons. The topological polar surface area (TPSA) is 49.5 Å². The number of nitrogens with zero attached hydrogens (tertiary/aromatic N) is 1. The van der Waals surface area contributed by atoms with Gasteiger partial charge in [-0.25, -0.2) is 0 Å². The normalized spacial score (nSPS) is 26.9. The van der Waals surface area contributed by atoms with E-state index in [2.05, 4.69) is 11.9 Å². The first-order valence-corrected chi connectivity index (χ1v) is 5.89. The van der Waals surface area contributed by atoms with Crippen molar-refractivity contribution in [1.29, 1.82) is 0 Å². The number of hydrogen-bond donors (Lipinski definition) is 2. The molecule has 0 spiro atoms. The fraction of sp³-hybridized carbons (Fsp3) is 0.500. The first kappa shape index (κ1) is 11.7. The smallest absolute Gasteiger partial charge is 0.0570 e. The maximum absolute atomic E-state index is 9.72. The number of nitrogens with two attached hydrogens (primary N) is 1. The summed E-state index contributed by atoms with van der Waals surface area (Å²) in [5, 5.41) is 10.4. The highest BCUT2D eigenvalue weighted by molar-refractivity contribution is 6.30. The molecule has 2 atom stereocenters. The molecule has 0 aromatic heterocycles. The highest BCUT2D eigenvalue weighted by Gasteiger charge is 2.27. The van der Waals surface area contributed by atoms with Crippen LogP contribution in [0.25, 0.3) is 0 Å². The minimum absolute atomic E-state index is 0.169. The number of anilines is 1. The third-order valence-electron chi connectivity index (χ3n) is 3.25. The summed E-state index contributed by atoms with van der Waals surface area (Å²) in [6, 6.07) is 5.69. The SMILES string of the molecule is CN1CCC(O)CC1c1cc(Cl)ccc1N. The van der Waals surface area contributed by atoms with Crippen molar-refractivity contribution < 1.29 is 5.11 Å². The molecule has 0 bridgehead atoms. The van der Waals surface area contributed by atoms with Crippen molar-refractivity contribution in [3.8, 4) is 0 Å². The van der Waals surface area contributed by atoms with Gasteiger partial charge in [-0.2, -0.15) is 0 Å². The van der Waals surface area contributed by atoms with Crippen LogP contribution in [-0.2, 0) is 0 Å². The van der Waals surface area contributed by atoms with Crippen LogP contribution in [-0.4, -0.2) is 29.7 Å². The maximum atomic E-state index is 9.72. The van der Waals surface area contributed by atoms with E-state index < -0.39 is 0 Å². The maximum Gasteiger partial charge on any atom is 0.0570 e. The van der Waals surface area contributed by atoms with Crippen molar-refractivity contribution >= 4 is 17.3 Å². The summed E-state index contributed by atoms with van der Waals surface area (Å²) in [5.41, 5.74) is 7.73. The number of benzene rings is 1. The predicted octanol–water partition coefficient (Wildman–Crippen LogP) is 2.05. The van der Waals surface area contributed by atoms with E-state index in [4.69, 9.17) is 17.3 Å². The number of nitrogen functional groups attached to an aromatic ring is 1. The molecule has 88 valence electrons. The summed E-state index contributed by atoms with van der Waals surface area (Å²) in [6.07, 6.45) is 1.31. The zero-order valence-corrected chi connectivity index (χ0v) is 10.1. The molecule has 4 heteroatoms. The lowest BCUT2D eigenvalue weighted by Crippen LogP contribution is -2.36. The number of aliphatic hydroxyl groups excluding tert-OH is 1. The molecule has 1 saturated heterocycles. The van der Waals surface area contributed by atoms with Crippen LogP contribution in [0, 0.1) is 0 Å². The second kappa shape index (κ2) is 4.62. The zero-order chi connectivity index (χ0) is 11.7. The molecule has 1 aromatic rings.